The van der Waals surface area contributed by atoms with Gasteiger partial charge in [-0.15, -0.1) is 0 Å². The van der Waals surface area contributed by atoms with E-state index in [1.165, 1.54) is 19.1 Å². The standard InChI is InChI=1S/C14H11F2NO4/c1-8(18)9-2-4-13(11(15)6-9)21-14-5-3-10(17(19)20)7-12(14)16/h2-8,18H,1H3/t8-/m0/s1. The third kappa shape index (κ3) is 3.32. The summed E-state index contributed by atoms with van der Waals surface area (Å²) in [5.41, 5.74) is -0.0752. The molecule has 2 aromatic rings. The number of hydrogen-bond donors (Lipinski definition) is 1. The molecule has 2 rings (SSSR count). The maximum absolute atomic E-state index is 13.8. The Bertz CT molecular complexity index is 689. The van der Waals surface area contributed by atoms with E-state index in [9.17, 15) is 24.0 Å². The highest BCUT2D eigenvalue weighted by Gasteiger charge is 2.14. The first-order chi connectivity index (χ1) is 9.88. The molecule has 1 atom stereocenters. The number of nitrogens with zero attached hydrogens (tertiary/aromatic N) is 1. The molecule has 21 heavy (non-hydrogen) atoms. The SMILES string of the molecule is C[C@H](O)c1ccc(Oc2ccc([N+](=O)[O-])cc2F)c(F)c1. The molecule has 0 fully saturated rings. The van der Waals surface area contributed by atoms with Gasteiger partial charge in [0.15, 0.2) is 23.1 Å². The molecule has 0 amide bonds. The lowest BCUT2D eigenvalue weighted by molar-refractivity contribution is -0.385. The molecule has 0 spiro atoms. The largest absolute Gasteiger partial charge is 0.451 e. The predicted molar refractivity (Wildman–Crippen MR) is 70.2 cm³/mol. The van der Waals surface area contributed by atoms with Gasteiger partial charge in [0.05, 0.1) is 17.1 Å². The molecular formula is C14H11F2NO4. The summed E-state index contributed by atoms with van der Waals surface area (Å²) in [5, 5.41) is 19.8. The predicted octanol–water partition coefficient (Wildman–Crippen LogP) is 3.72. The summed E-state index contributed by atoms with van der Waals surface area (Å²) in [6.07, 6.45) is -0.843. The average Bonchev–Trinajstić information content (AvgIpc) is 2.42. The van der Waals surface area contributed by atoms with E-state index in [-0.39, 0.29) is 11.5 Å². The van der Waals surface area contributed by atoms with Crippen molar-refractivity contribution in [3.8, 4) is 11.5 Å². The second-order valence-electron chi connectivity index (χ2n) is 4.34. The number of rotatable bonds is 4. The Morgan fingerprint density at radius 2 is 1.71 bits per heavy atom. The Hall–Kier alpha value is -2.54. The van der Waals surface area contributed by atoms with Crippen molar-refractivity contribution >= 4 is 5.69 Å². The van der Waals surface area contributed by atoms with E-state index < -0.39 is 28.3 Å². The summed E-state index contributed by atoms with van der Waals surface area (Å²) in [7, 11) is 0. The Morgan fingerprint density at radius 3 is 2.19 bits per heavy atom. The molecule has 7 heteroatoms. The molecule has 0 aliphatic rings. The zero-order valence-electron chi connectivity index (χ0n) is 10.9. The van der Waals surface area contributed by atoms with E-state index in [1.807, 2.05) is 0 Å². The Labute approximate surface area is 118 Å². The van der Waals surface area contributed by atoms with E-state index in [0.29, 0.717) is 11.6 Å². The first-order valence-electron chi connectivity index (χ1n) is 5.98. The van der Waals surface area contributed by atoms with Gasteiger partial charge in [-0.3, -0.25) is 10.1 Å². The number of hydrogen-bond acceptors (Lipinski definition) is 4. The molecule has 0 unspecified atom stereocenters. The summed E-state index contributed by atoms with van der Waals surface area (Å²) in [5.74, 6) is -2.31. The second kappa shape index (κ2) is 5.84. The minimum absolute atomic E-state index is 0.243. The number of nitro groups is 1. The topological polar surface area (TPSA) is 72.6 Å². The molecule has 0 aliphatic carbocycles. The van der Waals surface area contributed by atoms with Gasteiger partial charge < -0.3 is 9.84 Å². The van der Waals surface area contributed by atoms with E-state index in [2.05, 4.69) is 0 Å². The minimum atomic E-state index is -0.969. The normalized spacial score (nSPS) is 12.0. The second-order valence-corrected chi connectivity index (χ2v) is 4.34. The first kappa shape index (κ1) is 14.9. The number of aliphatic hydroxyl groups excluding tert-OH is 1. The van der Waals surface area contributed by atoms with Crippen molar-refractivity contribution in [2.24, 2.45) is 0 Å². The molecule has 0 saturated heterocycles. The number of aliphatic hydroxyl groups is 1. The number of benzene rings is 2. The van der Waals surface area contributed by atoms with Crippen LogP contribution in [0.4, 0.5) is 14.5 Å². The summed E-state index contributed by atoms with van der Waals surface area (Å²) >= 11 is 0. The van der Waals surface area contributed by atoms with Crippen LogP contribution in [0.1, 0.15) is 18.6 Å². The number of ether oxygens (including phenoxy) is 1. The summed E-state index contributed by atoms with van der Waals surface area (Å²) in [6.45, 7) is 1.48. The maximum atomic E-state index is 13.8. The van der Waals surface area contributed by atoms with E-state index in [4.69, 9.17) is 4.74 Å². The van der Waals surface area contributed by atoms with Gasteiger partial charge in [0.2, 0.25) is 0 Å². The molecule has 2 aromatic carbocycles. The van der Waals surface area contributed by atoms with Crippen LogP contribution in [0.3, 0.4) is 0 Å². The molecule has 0 radical (unpaired) electrons. The van der Waals surface area contributed by atoms with Gasteiger partial charge in [-0.1, -0.05) is 6.07 Å². The average molecular weight is 295 g/mol. The van der Waals surface area contributed by atoms with Crippen LogP contribution in [0.5, 0.6) is 11.5 Å². The molecule has 1 N–H and O–H groups in total. The highest BCUT2D eigenvalue weighted by Crippen LogP contribution is 2.30. The van der Waals surface area contributed by atoms with Crippen molar-refractivity contribution in [1.29, 1.82) is 0 Å². The smallest absolute Gasteiger partial charge is 0.272 e. The fourth-order valence-electron chi connectivity index (χ4n) is 1.66. The molecule has 0 saturated carbocycles. The quantitative estimate of drug-likeness (QED) is 0.689. The van der Waals surface area contributed by atoms with Crippen molar-refractivity contribution in [2.45, 2.75) is 13.0 Å². The van der Waals surface area contributed by atoms with Gasteiger partial charge in [-0.25, -0.2) is 8.78 Å². The highest BCUT2D eigenvalue weighted by atomic mass is 19.1. The van der Waals surface area contributed by atoms with Crippen molar-refractivity contribution < 1.29 is 23.5 Å². The van der Waals surface area contributed by atoms with Gasteiger partial charge in [0, 0.05) is 6.07 Å². The van der Waals surface area contributed by atoms with Crippen LogP contribution >= 0.6 is 0 Å². The number of non-ortho nitro benzene ring substituents is 1. The van der Waals surface area contributed by atoms with Gasteiger partial charge in [-0.2, -0.15) is 0 Å². The monoisotopic (exact) mass is 295 g/mol. The third-order valence-electron chi connectivity index (χ3n) is 2.78. The van der Waals surface area contributed by atoms with Crippen LogP contribution in [-0.2, 0) is 0 Å². The molecular weight excluding hydrogens is 284 g/mol. The summed E-state index contributed by atoms with van der Waals surface area (Å²) in [6, 6.07) is 6.56. The lowest BCUT2D eigenvalue weighted by Crippen LogP contribution is -1.96. The van der Waals surface area contributed by atoms with Crippen molar-refractivity contribution in [1.82, 2.24) is 0 Å². The fourth-order valence-corrected chi connectivity index (χ4v) is 1.66. The van der Waals surface area contributed by atoms with Crippen LogP contribution in [0.25, 0.3) is 0 Å². The molecule has 5 nitrogen and oxygen atoms in total. The zero-order chi connectivity index (χ0) is 15.6. The van der Waals surface area contributed by atoms with Crippen LogP contribution in [0.15, 0.2) is 36.4 Å². The number of nitro benzene ring substituents is 1. The molecule has 110 valence electrons. The van der Waals surface area contributed by atoms with Crippen LogP contribution in [-0.4, -0.2) is 10.0 Å². The molecule has 0 aliphatic heterocycles. The van der Waals surface area contributed by atoms with Crippen molar-refractivity contribution in [2.75, 3.05) is 0 Å². The van der Waals surface area contributed by atoms with Crippen LogP contribution in [0.2, 0.25) is 0 Å². The number of halogens is 2. The Morgan fingerprint density at radius 1 is 1.14 bits per heavy atom. The molecule has 0 bridgehead atoms. The zero-order valence-corrected chi connectivity index (χ0v) is 10.9. The maximum Gasteiger partial charge on any atom is 0.272 e. The summed E-state index contributed by atoms with van der Waals surface area (Å²) in [4.78, 5) is 9.75. The molecule has 0 heterocycles. The van der Waals surface area contributed by atoms with Gasteiger partial charge >= 0.3 is 0 Å². The summed E-state index contributed by atoms with van der Waals surface area (Å²) < 4.78 is 32.5. The lowest BCUT2D eigenvalue weighted by atomic mass is 10.1. The fraction of sp³-hybridized carbons (Fsp3) is 0.143. The van der Waals surface area contributed by atoms with Gasteiger partial charge in [0.25, 0.3) is 5.69 Å². The van der Waals surface area contributed by atoms with Crippen molar-refractivity contribution in [3.63, 3.8) is 0 Å². The van der Waals surface area contributed by atoms with Gasteiger partial charge in [-0.05, 0) is 30.7 Å². The van der Waals surface area contributed by atoms with Gasteiger partial charge in [0.1, 0.15) is 0 Å². The van der Waals surface area contributed by atoms with Crippen LogP contribution < -0.4 is 4.74 Å². The van der Waals surface area contributed by atoms with Crippen LogP contribution in [0, 0.1) is 21.7 Å². The Balaban J connectivity index is 2.28. The first-order valence-corrected chi connectivity index (χ1v) is 5.98. The Kier molecular flexibility index (Phi) is 4.13. The highest BCUT2D eigenvalue weighted by molar-refractivity contribution is 5.41. The van der Waals surface area contributed by atoms with E-state index >= 15 is 0 Å². The minimum Gasteiger partial charge on any atom is -0.451 e. The molecule has 0 aromatic heterocycles. The van der Waals surface area contributed by atoms with Crippen molar-refractivity contribution in [3.05, 3.63) is 63.7 Å². The third-order valence-corrected chi connectivity index (χ3v) is 2.78. The van der Waals surface area contributed by atoms with E-state index in [1.54, 1.807) is 0 Å². The van der Waals surface area contributed by atoms with E-state index in [0.717, 1.165) is 18.2 Å². The lowest BCUT2D eigenvalue weighted by Gasteiger charge is -2.10.